The van der Waals surface area contributed by atoms with Gasteiger partial charge in [0.1, 0.15) is 0 Å². The zero-order chi connectivity index (χ0) is 8.55. The minimum atomic E-state index is 0.908. The molecule has 0 aliphatic heterocycles. The van der Waals surface area contributed by atoms with E-state index in [0.29, 0.717) is 0 Å². The number of fused-ring (bicyclic) bond motifs is 1. The molecule has 0 saturated carbocycles. The lowest BCUT2D eigenvalue weighted by Crippen LogP contribution is -1.78. The number of rotatable bonds is 1. The summed E-state index contributed by atoms with van der Waals surface area (Å²) < 4.78 is 1.30. The van der Waals surface area contributed by atoms with Crippen molar-refractivity contribution in [3.63, 3.8) is 0 Å². The van der Waals surface area contributed by atoms with Crippen molar-refractivity contribution in [2.75, 3.05) is 5.73 Å². The Hall–Kier alpha value is -1.02. The fourth-order valence-corrected chi connectivity index (χ4v) is 2.33. The number of nitrogens with two attached hydrogens (primary N) is 1. The van der Waals surface area contributed by atoms with Crippen LogP contribution in [0.25, 0.3) is 10.1 Å². The van der Waals surface area contributed by atoms with E-state index in [1.165, 1.54) is 15.6 Å². The van der Waals surface area contributed by atoms with Gasteiger partial charge in [0.2, 0.25) is 0 Å². The van der Waals surface area contributed by atoms with E-state index in [9.17, 15) is 0 Å². The minimum Gasteiger partial charge on any atom is -0.391 e. The molecule has 0 aliphatic carbocycles. The monoisotopic (exact) mass is 177 g/mol. The number of nitrogen functional groups attached to an aromatic ring is 1. The molecule has 12 heavy (non-hydrogen) atoms. The molecule has 0 saturated heterocycles. The van der Waals surface area contributed by atoms with Crippen LogP contribution in [0.2, 0.25) is 0 Å². The molecule has 0 radical (unpaired) electrons. The second-order valence-electron chi connectivity index (χ2n) is 2.83. The molecule has 62 valence electrons. The molecule has 1 aromatic carbocycles. The molecule has 0 aliphatic rings. The first-order valence-corrected chi connectivity index (χ1v) is 4.90. The summed E-state index contributed by atoms with van der Waals surface area (Å²) in [5, 5.41) is 2.23. The van der Waals surface area contributed by atoms with Crippen molar-refractivity contribution in [1.29, 1.82) is 0 Å². The Bertz CT molecular complexity index is 403. The average Bonchev–Trinajstić information content (AvgIpc) is 2.44. The van der Waals surface area contributed by atoms with Crippen molar-refractivity contribution >= 4 is 26.4 Å². The van der Waals surface area contributed by atoms with E-state index < -0.39 is 0 Å². The summed E-state index contributed by atoms with van der Waals surface area (Å²) >= 11 is 1.66. The third-order valence-electron chi connectivity index (χ3n) is 2.05. The molecule has 0 spiro atoms. The molecule has 1 nitrogen and oxygen atoms in total. The third-order valence-corrected chi connectivity index (χ3v) is 2.98. The predicted molar refractivity (Wildman–Crippen MR) is 55.6 cm³/mol. The van der Waals surface area contributed by atoms with Gasteiger partial charge in [-0.2, -0.15) is 0 Å². The summed E-state index contributed by atoms with van der Waals surface area (Å²) in [6.07, 6.45) is 1.08. The van der Waals surface area contributed by atoms with E-state index in [1.54, 1.807) is 11.3 Å². The van der Waals surface area contributed by atoms with Gasteiger partial charge >= 0.3 is 0 Å². The van der Waals surface area contributed by atoms with Crippen LogP contribution in [0.3, 0.4) is 0 Å². The number of aryl methyl sites for hydroxylation is 1. The second-order valence-corrected chi connectivity index (χ2v) is 3.95. The highest BCUT2D eigenvalue weighted by Crippen LogP contribution is 2.29. The lowest BCUT2D eigenvalue weighted by Gasteiger charge is -1.96. The predicted octanol–water partition coefficient (Wildman–Crippen LogP) is 3.05. The Morgan fingerprint density at radius 2 is 2.25 bits per heavy atom. The first-order chi connectivity index (χ1) is 5.81. The van der Waals surface area contributed by atoms with Crippen molar-refractivity contribution in [2.45, 2.75) is 13.3 Å². The molecule has 2 rings (SSSR count). The Kier molecular flexibility index (Phi) is 1.77. The summed E-state index contributed by atoms with van der Waals surface area (Å²) in [6, 6.07) is 8.44. The van der Waals surface area contributed by atoms with E-state index in [-0.39, 0.29) is 0 Å². The van der Waals surface area contributed by atoms with E-state index in [4.69, 9.17) is 5.73 Å². The molecule has 0 bridgehead atoms. The highest BCUT2D eigenvalue weighted by Gasteiger charge is 2.01. The Balaban J connectivity index is 2.78. The maximum absolute atomic E-state index is 5.73. The van der Waals surface area contributed by atoms with Crippen LogP contribution < -0.4 is 5.73 Å². The zero-order valence-electron chi connectivity index (χ0n) is 7.00. The molecule has 0 unspecified atom stereocenters. The van der Waals surface area contributed by atoms with E-state index in [2.05, 4.69) is 31.2 Å². The third kappa shape index (κ3) is 1.08. The molecule has 2 aromatic rings. The Morgan fingerprint density at radius 1 is 1.42 bits per heavy atom. The van der Waals surface area contributed by atoms with Crippen LogP contribution in [-0.2, 0) is 6.42 Å². The number of anilines is 1. The van der Waals surface area contributed by atoms with Gasteiger partial charge in [-0.1, -0.05) is 19.1 Å². The topological polar surface area (TPSA) is 26.0 Å². The summed E-state index contributed by atoms with van der Waals surface area (Å²) in [7, 11) is 0. The van der Waals surface area contributed by atoms with Gasteiger partial charge in [-0.3, -0.25) is 0 Å². The Morgan fingerprint density at radius 3 is 3.00 bits per heavy atom. The maximum Gasteiger partial charge on any atom is 0.0868 e. The lowest BCUT2D eigenvalue weighted by atomic mass is 10.1. The summed E-state index contributed by atoms with van der Waals surface area (Å²) in [5.41, 5.74) is 7.12. The van der Waals surface area contributed by atoms with Crippen molar-refractivity contribution in [3.8, 4) is 0 Å². The number of benzene rings is 1. The summed E-state index contributed by atoms with van der Waals surface area (Å²) in [6.45, 7) is 2.17. The van der Waals surface area contributed by atoms with Crippen molar-refractivity contribution < 1.29 is 0 Å². The highest BCUT2D eigenvalue weighted by molar-refractivity contribution is 7.22. The lowest BCUT2D eigenvalue weighted by molar-refractivity contribution is 1.16. The van der Waals surface area contributed by atoms with Crippen LogP contribution in [0.15, 0.2) is 24.3 Å². The van der Waals surface area contributed by atoms with Gasteiger partial charge in [0.05, 0.1) is 5.00 Å². The van der Waals surface area contributed by atoms with Gasteiger partial charge in [-0.05, 0) is 29.5 Å². The number of hydrogen-bond donors (Lipinski definition) is 1. The van der Waals surface area contributed by atoms with Crippen LogP contribution >= 0.6 is 11.3 Å². The maximum atomic E-state index is 5.73. The normalized spacial score (nSPS) is 10.8. The summed E-state index contributed by atoms with van der Waals surface area (Å²) in [5.74, 6) is 0. The molecule has 1 heterocycles. The van der Waals surface area contributed by atoms with Crippen LogP contribution in [-0.4, -0.2) is 0 Å². The number of thiophene rings is 1. The van der Waals surface area contributed by atoms with Gasteiger partial charge in [0, 0.05) is 4.70 Å². The Labute approximate surface area is 75.8 Å². The average molecular weight is 177 g/mol. The molecule has 0 amide bonds. The molecular weight excluding hydrogens is 166 g/mol. The second kappa shape index (κ2) is 2.79. The van der Waals surface area contributed by atoms with Crippen LogP contribution in [0.1, 0.15) is 12.5 Å². The summed E-state index contributed by atoms with van der Waals surface area (Å²) in [4.78, 5) is 0. The van der Waals surface area contributed by atoms with Gasteiger partial charge in [-0.15, -0.1) is 11.3 Å². The first-order valence-electron chi connectivity index (χ1n) is 4.08. The zero-order valence-corrected chi connectivity index (χ0v) is 7.82. The van der Waals surface area contributed by atoms with E-state index >= 15 is 0 Å². The van der Waals surface area contributed by atoms with E-state index in [0.717, 1.165) is 11.4 Å². The quantitative estimate of drug-likeness (QED) is 0.711. The number of hydrogen-bond acceptors (Lipinski definition) is 2. The molecule has 0 atom stereocenters. The first kappa shape index (κ1) is 7.62. The molecule has 0 fully saturated rings. The van der Waals surface area contributed by atoms with Crippen LogP contribution in [0.5, 0.6) is 0 Å². The van der Waals surface area contributed by atoms with Gasteiger partial charge in [-0.25, -0.2) is 0 Å². The fourth-order valence-electron chi connectivity index (χ4n) is 1.45. The SMILES string of the molecule is CCc1cccc2sc(N)cc12. The largest absolute Gasteiger partial charge is 0.391 e. The standard InChI is InChI=1S/C10H11NS/c1-2-7-4-3-5-9-8(7)6-10(11)12-9/h3-6H,2,11H2,1H3. The van der Waals surface area contributed by atoms with Crippen molar-refractivity contribution in [2.24, 2.45) is 0 Å². The highest BCUT2D eigenvalue weighted by atomic mass is 32.1. The molecule has 1 aromatic heterocycles. The molecule has 2 N–H and O–H groups in total. The van der Waals surface area contributed by atoms with E-state index in [1.807, 2.05) is 0 Å². The smallest absolute Gasteiger partial charge is 0.0868 e. The van der Waals surface area contributed by atoms with Gasteiger partial charge in [0.15, 0.2) is 0 Å². The van der Waals surface area contributed by atoms with Crippen molar-refractivity contribution in [1.82, 2.24) is 0 Å². The minimum absolute atomic E-state index is 0.908. The molecular formula is C10H11NS. The molecule has 2 heteroatoms. The van der Waals surface area contributed by atoms with Crippen LogP contribution in [0, 0.1) is 0 Å². The van der Waals surface area contributed by atoms with Gasteiger partial charge < -0.3 is 5.73 Å². The fraction of sp³-hybridized carbons (Fsp3) is 0.200. The van der Waals surface area contributed by atoms with Crippen molar-refractivity contribution in [3.05, 3.63) is 29.8 Å². The van der Waals surface area contributed by atoms with Gasteiger partial charge in [0.25, 0.3) is 0 Å². The van der Waals surface area contributed by atoms with Crippen LogP contribution in [0.4, 0.5) is 5.00 Å².